The molecule has 124 valence electrons. The summed E-state index contributed by atoms with van der Waals surface area (Å²) < 4.78 is 5.18. The van der Waals surface area contributed by atoms with Crippen molar-refractivity contribution in [3.63, 3.8) is 0 Å². The molecule has 23 heavy (non-hydrogen) atoms. The van der Waals surface area contributed by atoms with Crippen LogP contribution in [-0.4, -0.2) is 31.6 Å². The lowest BCUT2D eigenvalue weighted by atomic mass is 10.1. The van der Waals surface area contributed by atoms with Gasteiger partial charge in [0, 0.05) is 30.7 Å². The number of rotatable bonds is 6. The standard InChI is InChI=1S/C19H26N2O2/c1-12(17-10-18(17)13-3-4-13)20-14-9-19(22)21(11-14)15-5-7-16(23-2)8-6-15/h5-8,12-14,17-18,20H,3-4,9-11H2,1-2H3/t12?,14?,17-,18-/m0/s1. The first-order chi connectivity index (χ1) is 11.2. The first kappa shape index (κ1) is 15.0. The molecule has 2 unspecified atom stereocenters. The Morgan fingerprint density at radius 1 is 1.26 bits per heavy atom. The minimum absolute atomic E-state index is 0.217. The highest BCUT2D eigenvalue weighted by Gasteiger charge is 2.50. The molecule has 1 amide bonds. The lowest BCUT2D eigenvalue weighted by Crippen LogP contribution is -2.40. The number of carbonyl (C=O) groups is 1. The molecule has 4 nitrogen and oxygen atoms in total. The van der Waals surface area contributed by atoms with Crippen molar-refractivity contribution in [3.05, 3.63) is 24.3 Å². The van der Waals surface area contributed by atoms with Gasteiger partial charge in [0.15, 0.2) is 0 Å². The monoisotopic (exact) mass is 314 g/mol. The average Bonchev–Trinajstić information content (AvgIpc) is 3.44. The summed E-state index contributed by atoms with van der Waals surface area (Å²) >= 11 is 0. The normalized spacial score (nSPS) is 31.3. The number of nitrogens with one attached hydrogen (secondary N) is 1. The van der Waals surface area contributed by atoms with E-state index < -0.39 is 0 Å². The van der Waals surface area contributed by atoms with E-state index in [9.17, 15) is 4.79 Å². The van der Waals surface area contributed by atoms with Crippen molar-refractivity contribution in [2.45, 2.75) is 44.7 Å². The van der Waals surface area contributed by atoms with Crippen molar-refractivity contribution in [2.24, 2.45) is 17.8 Å². The highest BCUT2D eigenvalue weighted by molar-refractivity contribution is 5.96. The van der Waals surface area contributed by atoms with Crippen LogP contribution in [0.2, 0.25) is 0 Å². The molecule has 0 bridgehead atoms. The zero-order valence-electron chi connectivity index (χ0n) is 14.0. The zero-order valence-corrected chi connectivity index (χ0v) is 14.0. The maximum absolute atomic E-state index is 12.3. The first-order valence-electron chi connectivity index (χ1n) is 8.86. The highest BCUT2D eigenvalue weighted by Crippen LogP contribution is 2.55. The zero-order chi connectivity index (χ0) is 16.0. The number of ether oxygens (including phenoxy) is 1. The van der Waals surface area contributed by atoms with Gasteiger partial charge in [0.2, 0.25) is 5.91 Å². The van der Waals surface area contributed by atoms with E-state index in [-0.39, 0.29) is 11.9 Å². The number of hydrogen-bond acceptors (Lipinski definition) is 3. The maximum Gasteiger partial charge on any atom is 0.228 e. The van der Waals surface area contributed by atoms with Crippen LogP contribution in [0.25, 0.3) is 0 Å². The van der Waals surface area contributed by atoms with E-state index in [4.69, 9.17) is 4.74 Å². The molecule has 3 fully saturated rings. The van der Waals surface area contributed by atoms with Gasteiger partial charge in [-0.05, 0) is 68.2 Å². The molecule has 1 heterocycles. The molecule has 4 atom stereocenters. The molecule has 1 saturated heterocycles. The van der Waals surface area contributed by atoms with Crippen molar-refractivity contribution in [1.29, 1.82) is 0 Å². The number of methoxy groups -OCH3 is 1. The molecule has 0 aromatic heterocycles. The summed E-state index contributed by atoms with van der Waals surface area (Å²) in [6.07, 6.45) is 4.89. The number of nitrogens with zero attached hydrogens (tertiary/aromatic N) is 1. The number of hydrogen-bond donors (Lipinski definition) is 1. The minimum atomic E-state index is 0.217. The maximum atomic E-state index is 12.3. The summed E-state index contributed by atoms with van der Waals surface area (Å²) in [5.74, 6) is 3.86. The summed E-state index contributed by atoms with van der Waals surface area (Å²) in [7, 11) is 1.66. The smallest absolute Gasteiger partial charge is 0.228 e. The fraction of sp³-hybridized carbons (Fsp3) is 0.632. The molecule has 1 aromatic carbocycles. The summed E-state index contributed by atoms with van der Waals surface area (Å²) in [4.78, 5) is 14.2. The van der Waals surface area contributed by atoms with E-state index in [1.165, 1.54) is 19.3 Å². The third-order valence-corrected chi connectivity index (χ3v) is 5.77. The molecule has 0 radical (unpaired) electrons. The Morgan fingerprint density at radius 3 is 2.65 bits per heavy atom. The van der Waals surface area contributed by atoms with Crippen LogP contribution in [0.4, 0.5) is 5.69 Å². The number of benzene rings is 1. The third-order valence-electron chi connectivity index (χ3n) is 5.77. The molecule has 4 heteroatoms. The Labute approximate surface area is 138 Å². The SMILES string of the molecule is COc1ccc(N2CC(NC(C)[C@@H]3C[C@H]3C3CC3)CC2=O)cc1. The minimum Gasteiger partial charge on any atom is -0.497 e. The van der Waals surface area contributed by atoms with Gasteiger partial charge in [-0.15, -0.1) is 0 Å². The van der Waals surface area contributed by atoms with Gasteiger partial charge in [0.25, 0.3) is 0 Å². The molecule has 1 aliphatic heterocycles. The van der Waals surface area contributed by atoms with Crippen molar-refractivity contribution in [1.82, 2.24) is 5.32 Å². The van der Waals surface area contributed by atoms with Gasteiger partial charge in [-0.2, -0.15) is 0 Å². The molecule has 0 spiro atoms. The van der Waals surface area contributed by atoms with Gasteiger partial charge < -0.3 is 15.0 Å². The molecule has 1 aromatic rings. The van der Waals surface area contributed by atoms with Crippen LogP contribution in [0.1, 0.15) is 32.6 Å². The van der Waals surface area contributed by atoms with Crippen LogP contribution in [0.5, 0.6) is 5.75 Å². The van der Waals surface area contributed by atoms with E-state index in [1.54, 1.807) is 7.11 Å². The van der Waals surface area contributed by atoms with Crippen LogP contribution in [-0.2, 0) is 4.79 Å². The third kappa shape index (κ3) is 3.09. The van der Waals surface area contributed by atoms with Crippen LogP contribution >= 0.6 is 0 Å². The fourth-order valence-electron chi connectivity index (χ4n) is 4.20. The second kappa shape index (κ2) is 5.82. The van der Waals surface area contributed by atoms with Crippen LogP contribution in [0, 0.1) is 17.8 Å². The molecule has 2 aliphatic carbocycles. The average molecular weight is 314 g/mol. The van der Waals surface area contributed by atoms with Crippen LogP contribution in [0.15, 0.2) is 24.3 Å². The summed E-state index contributed by atoms with van der Waals surface area (Å²) in [5, 5.41) is 3.72. The first-order valence-corrected chi connectivity index (χ1v) is 8.86. The van der Waals surface area contributed by atoms with Crippen molar-refractivity contribution in [3.8, 4) is 5.75 Å². The number of carbonyl (C=O) groups excluding carboxylic acids is 1. The van der Waals surface area contributed by atoms with Crippen LogP contribution < -0.4 is 15.0 Å². The van der Waals surface area contributed by atoms with Gasteiger partial charge in [-0.1, -0.05) is 0 Å². The predicted molar refractivity (Wildman–Crippen MR) is 90.7 cm³/mol. The highest BCUT2D eigenvalue weighted by atomic mass is 16.5. The van der Waals surface area contributed by atoms with Gasteiger partial charge in [0.1, 0.15) is 5.75 Å². The molecule has 4 rings (SSSR count). The Hall–Kier alpha value is -1.55. The fourth-order valence-corrected chi connectivity index (χ4v) is 4.20. The number of amides is 1. The lowest BCUT2D eigenvalue weighted by Gasteiger charge is -2.21. The van der Waals surface area contributed by atoms with Crippen molar-refractivity contribution >= 4 is 11.6 Å². The van der Waals surface area contributed by atoms with Gasteiger partial charge in [-0.25, -0.2) is 0 Å². The second-order valence-electron chi connectivity index (χ2n) is 7.46. The van der Waals surface area contributed by atoms with E-state index in [0.29, 0.717) is 12.5 Å². The van der Waals surface area contributed by atoms with Crippen molar-refractivity contribution < 1.29 is 9.53 Å². The predicted octanol–water partition coefficient (Wildman–Crippen LogP) is 2.82. The largest absolute Gasteiger partial charge is 0.497 e. The van der Waals surface area contributed by atoms with E-state index in [0.717, 1.165) is 35.7 Å². The summed E-state index contributed by atoms with van der Waals surface area (Å²) in [6, 6.07) is 8.57. The molecule has 1 N–H and O–H groups in total. The molecular weight excluding hydrogens is 288 g/mol. The molecule has 2 saturated carbocycles. The Balaban J connectivity index is 1.34. The Morgan fingerprint density at radius 2 is 2.00 bits per heavy atom. The van der Waals surface area contributed by atoms with Crippen LogP contribution in [0.3, 0.4) is 0 Å². The summed E-state index contributed by atoms with van der Waals surface area (Å²) in [6.45, 7) is 3.07. The van der Waals surface area contributed by atoms with Crippen molar-refractivity contribution in [2.75, 3.05) is 18.6 Å². The van der Waals surface area contributed by atoms with Gasteiger partial charge in [0.05, 0.1) is 7.11 Å². The second-order valence-corrected chi connectivity index (χ2v) is 7.46. The van der Waals surface area contributed by atoms with Gasteiger partial charge in [-0.3, -0.25) is 4.79 Å². The topological polar surface area (TPSA) is 41.6 Å². The van der Waals surface area contributed by atoms with Gasteiger partial charge >= 0.3 is 0 Å². The summed E-state index contributed by atoms with van der Waals surface area (Å²) in [5.41, 5.74) is 0.968. The molecular formula is C19H26N2O2. The van der Waals surface area contributed by atoms with E-state index in [2.05, 4.69) is 12.2 Å². The molecule has 3 aliphatic rings. The Bertz CT molecular complexity index is 582. The Kier molecular flexibility index (Phi) is 3.80. The lowest BCUT2D eigenvalue weighted by molar-refractivity contribution is -0.117. The van der Waals surface area contributed by atoms with E-state index >= 15 is 0 Å². The number of anilines is 1. The van der Waals surface area contributed by atoms with E-state index in [1.807, 2.05) is 29.2 Å². The quantitative estimate of drug-likeness (QED) is 0.878.